The number of hydrogen-bond donors (Lipinski definition) is 0. The average molecular weight is 456 g/mol. The molecule has 11 heteroatoms. The van der Waals surface area contributed by atoms with Crippen molar-refractivity contribution in [1.82, 2.24) is 4.90 Å². The van der Waals surface area contributed by atoms with Gasteiger partial charge in [0.1, 0.15) is 0 Å². The Morgan fingerprint density at radius 3 is 1.25 bits per heavy atom. The second-order valence-electron chi connectivity index (χ2n) is 4.77. The first-order valence-corrected chi connectivity index (χ1v) is 16.4. The Balaban J connectivity index is 4.75. The Bertz CT molecular complexity index is 375. The molecule has 0 N–H and O–H groups in total. The van der Waals surface area contributed by atoms with Crippen molar-refractivity contribution in [2.24, 2.45) is 0 Å². The fourth-order valence-corrected chi connectivity index (χ4v) is 11.6. The summed E-state index contributed by atoms with van der Waals surface area (Å²) in [5, 5.41) is 0. The van der Waals surface area contributed by atoms with Gasteiger partial charge in [0.25, 0.3) is 0 Å². The van der Waals surface area contributed by atoms with Crippen molar-refractivity contribution >= 4 is 57.8 Å². The van der Waals surface area contributed by atoms with Gasteiger partial charge in [0, 0.05) is 17.5 Å². The highest BCUT2D eigenvalue weighted by atomic mass is 32.9. The van der Waals surface area contributed by atoms with E-state index in [0.29, 0.717) is 26.4 Å². The van der Waals surface area contributed by atoms with Gasteiger partial charge >= 0.3 is 0 Å². The highest BCUT2D eigenvalue weighted by Gasteiger charge is 2.26. The van der Waals surface area contributed by atoms with E-state index in [1.165, 1.54) is 0 Å². The van der Waals surface area contributed by atoms with Gasteiger partial charge in [-0.25, -0.2) is 0 Å². The third-order valence-electron chi connectivity index (χ3n) is 2.73. The predicted octanol–water partition coefficient (Wildman–Crippen LogP) is 4.98. The minimum Gasteiger partial charge on any atom is -0.322 e. The summed E-state index contributed by atoms with van der Waals surface area (Å²) < 4.78 is 22.8. The largest absolute Gasteiger partial charge is 0.322 e. The molecule has 0 aromatic carbocycles. The fourth-order valence-electron chi connectivity index (χ4n) is 1.56. The second kappa shape index (κ2) is 13.9. The Kier molecular flexibility index (Phi) is 14.9. The second-order valence-corrected chi connectivity index (χ2v) is 17.5. The number of rotatable bonds is 15. The Morgan fingerprint density at radius 1 is 0.750 bits per heavy atom. The number of nitrogens with zero attached hydrogens (tertiary/aromatic N) is 1. The lowest BCUT2D eigenvalue weighted by molar-refractivity contribution is 0.280. The Morgan fingerprint density at radius 2 is 1.04 bits per heavy atom. The van der Waals surface area contributed by atoms with Gasteiger partial charge in [-0.1, -0.05) is 22.8 Å². The van der Waals surface area contributed by atoms with E-state index in [2.05, 4.69) is 19.0 Å². The molecule has 0 aromatic heterocycles. The summed E-state index contributed by atoms with van der Waals surface area (Å²) in [7, 11) is 4.11. The summed E-state index contributed by atoms with van der Waals surface area (Å²) in [4.78, 5) is 2.18. The molecule has 0 aliphatic carbocycles. The van der Waals surface area contributed by atoms with Crippen molar-refractivity contribution in [3.05, 3.63) is 0 Å². The van der Waals surface area contributed by atoms with Crippen LogP contribution in [0.3, 0.4) is 0 Å². The zero-order valence-electron chi connectivity index (χ0n) is 15.4. The van der Waals surface area contributed by atoms with Gasteiger partial charge in [0.2, 0.25) is 11.4 Å². The molecule has 0 aliphatic rings. The van der Waals surface area contributed by atoms with Crippen LogP contribution in [0.2, 0.25) is 0 Å². The smallest absolute Gasteiger partial charge is 0.247 e. The minimum absolute atomic E-state index is 0.284. The van der Waals surface area contributed by atoms with E-state index >= 15 is 0 Å². The molecule has 0 fully saturated rings. The summed E-state index contributed by atoms with van der Waals surface area (Å²) in [5.74, 6) is 1.65. The molecule has 0 spiro atoms. The van der Waals surface area contributed by atoms with Crippen LogP contribution in [0.25, 0.3) is 0 Å². The Labute approximate surface area is 166 Å². The summed E-state index contributed by atoms with van der Waals surface area (Å²) in [6, 6.07) is 0.284. The van der Waals surface area contributed by atoms with Crippen LogP contribution in [-0.2, 0) is 41.7 Å². The molecule has 0 atom stereocenters. The van der Waals surface area contributed by atoms with Crippen molar-refractivity contribution < 1.29 is 18.1 Å². The van der Waals surface area contributed by atoms with Gasteiger partial charge in [-0.2, -0.15) is 0 Å². The van der Waals surface area contributed by atoms with Crippen LogP contribution >= 0.6 is 34.2 Å². The van der Waals surface area contributed by atoms with Crippen molar-refractivity contribution in [2.45, 2.75) is 33.7 Å². The quantitative estimate of drug-likeness (QED) is 0.318. The van der Waals surface area contributed by atoms with E-state index in [4.69, 9.17) is 41.7 Å². The zero-order valence-corrected chi connectivity index (χ0v) is 20.5. The van der Waals surface area contributed by atoms with Crippen LogP contribution in [0.15, 0.2) is 0 Å². The molecule has 0 radical (unpaired) electrons. The molecular formula is C13H31NO4P2S4. The first kappa shape index (κ1) is 25.8. The summed E-state index contributed by atoms with van der Waals surface area (Å²) in [6.07, 6.45) is 0. The monoisotopic (exact) mass is 455 g/mol. The van der Waals surface area contributed by atoms with Crippen molar-refractivity contribution in [1.29, 1.82) is 0 Å². The molecule has 0 rings (SSSR count). The third kappa shape index (κ3) is 10.8. The van der Waals surface area contributed by atoms with Crippen LogP contribution in [0.1, 0.15) is 27.7 Å². The van der Waals surface area contributed by atoms with Crippen molar-refractivity contribution in [3.63, 3.8) is 0 Å². The van der Waals surface area contributed by atoms with E-state index in [1.807, 2.05) is 27.7 Å². The molecule has 5 nitrogen and oxygen atoms in total. The lowest BCUT2D eigenvalue weighted by atomic mass is 10.4. The van der Waals surface area contributed by atoms with Crippen LogP contribution < -0.4 is 0 Å². The van der Waals surface area contributed by atoms with Crippen LogP contribution in [-0.4, -0.2) is 63.0 Å². The van der Waals surface area contributed by atoms with Gasteiger partial charge in [0.05, 0.1) is 26.4 Å². The Hall–Kier alpha value is 1.80. The molecule has 0 saturated heterocycles. The van der Waals surface area contributed by atoms with Gasteiger partial charge < -0.3 is 23.0 Å². The van der Waals surface area contributed by atoms with Gasteiger partial charge in [-0.15, -0.1) is 0 Å². The summed E-state index contributed by atoms with van der Waals surface area (Å²) in [6.45, 7) is 10.1. The molecule has 0 unspecified atom stereocenters. The standard InChI is InChI=1S/C13H31NO4P2S4/c1-7-15-19(21,16-8-2)23-11-13(14(5)6)12-24-20(22,17-9-3)18-10-4/h13H,7-12H2,1-6H3. The van der Waals surface area contributed by atoms with Gasteiger partial charge in [-0.05, 0) is 65.4 Å². The van der Waals surface area contributed by atoms with Crippen LogP contribution in [0, 0.1) is 0 Å². The first-order valence-electron chi connectivity index (χ1n) is 7.99. The van der Waals surface area contributed by atoms with E-state index in [9.17, 15) is 0 Å². The van der Waals surface area contributed by atoms with Crippen LogP contribution in [0.4, 0.5) is 0 Å². The van der Waals surface area contributed by atoms with Crippen LogP contribution in [0.5, 0.6) is 0 Å². The lowest BCUT2D eigenvalue weighted by Crippen LogP contribution is -2.32. The van der Waals surface area contributed by atoms with Gasteiger partial charge in [0.15, 0.2) is 0 Å². The van der Waals surface area contributed by atoms with Gasteiger partial charge in [-0.3, -0.25) is 0 Å². The molecule has 24 heavy (non-hydrogen) atoms. The molecule has 0 heterocycles. The SMILES string of the molecule is CCOP(=S)(OCC)SCC(CSP(=S)(OCC)OCC)N(C)C. The highest BCUT2D eigenvalue weighted by Crippen LogP contribution is 2.63. The lowest BCUT2D eigenvalue weighted by Gasteiger charge is -2.29. The number of hydrogen-bond acceptors (Lipinski definition) is 9. The maximum atomic E-state index is 5.70. The van der Waals surface area contributed by atoms with E-state index in [0.717, 1.165) is 11.5 Å². The molecule has 0 aromatic rings. The third-order valence-corrected chi connectivity index (χ3v) is 13.9. The summed E-state index contributed by atoms with van der Waals surface area (Å²) >= 11 is 14.4. The normalized spacial score (nSPS) is 13.2. The first-order chi connectivity index (χ1) is 11.3. The average Bonchev–Trinajstić information content (AvgIpc) is 2.47. The summed E-state index contributed by atoms with van der Waals surface area (Å²) in [5.41, 5.74) is -4.54. The highest BCUT2D eigenvalue weighted by molar-refractivity contribution is 8.68. The molecule has 0 saturated carbocycles. The fraction of sp³-hybridized carbons (Fsp3) is 1.00. The van der Waals surface area contributed by atoms with E-state index in [-0.39, 0.29) is 6.04 Å². The van der Waals surface area contributed by atoms with Crippen molar-refractivity contribution in [3.8, 4) is 0 Å². The molecule has 0 amide bonds. The van der Waals surface area contributed by atoms with E-state index in [1.54, 1.807) is 22.8 Å². The maximum absolute atomic E-state index is 5.70. The molecule has 0 bridgehead atoms. The van der Waals surface area contributed by atoms with Crippen molar-refractivity contribution in [2.75, 3.05) is 52.0 Å². The molecule has 146 valence electrons. The predicted molar refractivity (Wildman–Crippen MR) is 117 cm³/mol. The maximum Gasteiger partial charge on any atom is 0.247 e. The zero-order chi connectivity index (χ0) is 18.6. The molecular weight excluding hydrogens is 424 g/mol. The molecule has 0 aliphatic heterocycles. The topological polar surface area (TPSA) is 40.2 Å². The van der Waals surface area contributed by atoms with E-state index < -0.39 is 11.4 Å². The minimum atomic E-state index is -2.27.